The van der Waals surface area contributed by atoms with E-state index in [0.717, 1.165) is 0 Å². The summed E-state index contributed by atoms with van der Waals surface area (Å²) in [5.41, 5.74) is 29.6. The van der Waals surface area contributed by atoms with Gasteiger partial charge in [0.2, 0.25) is 0 Å². The number of hydrogen-bond donors (Lipinski definition) is 0. The molecular weight excluding hydrogens is 1350 g/mol. The van der Waals surface area contributed by atoms with E-state index in [4.69, 9.17) is 0 Å². The van der Waals surface area contributed by atoms with Gasteiger partial charge in [-0.15, -0.1) is 0 Å². The van der Waals surface area contributed by atoms with Gasteiger partial charge in [-0.25, -0.2) is 0 Å². The summed E-state index contributed by atoms with van der Waals surface area (Å²) in [6, 6.07) is 161. The van der Waals surface area contributed by atoms with E-state index in [0.29, 0.717) is 0 Å². The van der Waals surface area contributed by atoms with E-state index in [2.05, 4.69) is 437 Å². The molecule has 0 aliphatic carbocycles. The largest absolute Gasteiger partial charge is 0.0622 e. The Balaban J connectivity index is 0.000000141. The quantitative estimate of drug-likeness (QED) is 0.107. The highest BCUT2D eigenvalue weighted by atomic mass is 14.3. The Bertz CT molecular complexity index is 7320. The summed E-state index contributed by atoms with van der Waals surface area (Å²) in [6.07, 6.45) is 0. The monoisotopic (exact) mass is 1420 g/mol. The summed E-state index contributed by atoms with van der Waals surface area (Å²) in [6.45, 7) is 0. The van der Waals surface area contributed by atoms with Gasteiger partial charge < -0.3 is 0 Å². The molecule has 520 valence electrons. The van der Waals surface area contributed by atoms with E-state index in [1.54, 1.807) is 0 Å². The minimum absolute atomic E-state index is 1.21. The van der Waals surface area contributed by atoms with E-state index < -0.39 is 0 Å². The first-order chi connectivity index (χ1) is 55.6. The molecule has 0 heteroatoms. The summed E-state index contributed by atoms with van der Waals surface area (Å²) in [5, 5.41) is 20.4. The van der Waals surface area contributed by atoms with E-state index >= 15 is 0 Å². The van der Waals surface area contributed by atoms with Gasteiger partial charge in [0.1, 0.15) is 0 Å². The Kier molecular flexibility index (Phi) is 16.4. The second kappa shape index (κ2) is 27.9. The van der Waals surface area contributed by atoms with Crippen LogP contribution in [0.25, 0.3) is 220 Å². The predicted octanol–water partition coefficient (Wildman–Crippen LogP) is 31.5. The molecule has 22 aromatic carbocycles. The molecule has 0 saturated heterocycles. The Hall–Kier alpha value is -14.6. The van der Waals surface area contributed by atoms with Crippen molar-refractivity contribution >= 4 is 86.2 Å². The normalized spacial score (nSPS) is 11.6. The minimum Gasteiger partial charge on any atom is -0.0622 e. The predicted molar refractivity (Wildman–Crippen MR) is 481 cm³/mol. The van der Waals surface area contributed by atoms with Crippen LogP contribution in [0, 0.1) is 0 Å². The van der Waals surface area contributed by atoms with Crippen LogP contribution in [0.4, 0.5) is 0 Å². The lowest BCUT2D eigenvalue weighted by Crippen LogP contribution is -1.94. The lowest BCUT2D eigenvalue weighted by atomic mass is 9.82. The van der Waals surface area contributed by atoms with Crippen LogP contribution in [0.2, 0.25) is 0 Å². The molecule has 22 rings (SSSR count). The molecule has 0 heterocycles. The van der Waals surface area contributed by atoms with Crippen molar-refractivity contribution in [3.05, 3.63) is 437 Å². The van der Waals surface area contributed by atoms with Crippen LogP contribution in [0.3, 0.4) is 0 Å². The molecule has 0 aromatic heterocycles. The van der Waals surface area contributed by atoms with Gasteiger partial charge in [-0.1, -0.05) is 406 Å². The molecule has 0 N–H and O–H groups in total. The average molecular weight is 1420 g/mol. The first-order valence-corrected chi connectivity index (χ1v) is 38.8. The fourth-order valence-electron chi connectivity index (χ4n) is 18.0. The molecule has 0 saturated carbocycles. The summed E-state index contributed by atoms with van der Waals surface area (Å²) in [7, 11) is 0. The van der Waals surface area contributed by atoms with E-state index in [-0.39, 0.29) is 0 Å². The highest BCUT2D eigenvalue weighted by Crippen LogP contribution is 2.52. The molecular formula is C112H72. The Morgan fingerprint density at radius 3 is 0.750 bits per heavy atom. The van der Waals surface area contributed by atoms with E-state index in [1.807, 2.05) is 0 Å². The molecule has 0 aliphatic heterocycles. The Morgan fingerprint density at radius 2 is 0.339 bits per heavy atom. The zero-order chi connectivity index (χ0) is 74.0. The molecule has 0 spiro atoms. The lowest BCUT2D eigenvalue weighted by molar-refractivity contribution is 1.59. The fourth-order valence-corrected chi connectivity index (χ4v) is 18.0. The van der Waals surface area contributed by atoms with E-state index in [1.165, 1.54) is 220 Å². The molecule has 0 amide bonds. The average Bonchev–Trinajstić information content (AvgIpc) is 0.716. The Morgan fingerprint density at radius 1 is 0.0893 bits per heavy atom. The number of hydrogen-bond acceptors (Lipinski definition) is 0. The van der Waals surface area contributed by atoms with Crippen LogP contribution >= 0.6 is 0 Å². The Labute approximate surface area is 652 Å². The van der Waals surface area contributed by atoms with Crippen LogP contribution in [0.5, 0.6) is 0 Å². The second-order valence-corrected chi connectivity index (χ2v) is 29.6. The van der Waals surface area contributed by atoms with Gasteiger partial charge in [-0.3, -0.25) is 0 Å². The highest BCUT2D eigenvalue weighted by molar-refractivity contribution is 6.32. The molecule has 0 unspecified atom stereocenters. The van der Waals surface area contributed by atoms with Gasteiger partial charge in [-0.2, -0.15) is 0 Å². The molecule has 0 bridgehead atoms. The molecule has 0 atom stereocenters. The molecule has 0 aliphatic rings. The number of rotatable bonds is 12. The van der Waals surface area contributed by atoms with Crippen molar-refractivity contribution in [2.75, 3.05) is 0 Å². The maximum Gasteiger partial charge on any atom is -0.00141 e. The first-order valence-electron chi connectivity index (χ1n) is 38.8. The zero-order valence-electron chi connectivity index (χ0n) is 61.6. The zero-order valence-corrected chi connectivity index (χ0v) is 61.6. The first kappa shape index (κ1) is 65.7. The SMILES string of the molecule is c1ccc(-c2ccccc2-c2ccc3ccc4c(-c5ccccc5-c5ccccc5)cc(-c5ccc(-c6ccc7ccccc7c6)cc5)c5ccc2c3c54)cc1.c1ccc(-c2ccccc2-c2ccc3ccc4c(-c5ccccc5-c5ccccc5)cc(-c5cccc(-c6ccc7ccccc7c6)c5)c5ccc2c3c54)cc1. The van der Waals surface area contributed by atoms with Crippen LogP contribution in [0.15, 0.2) is 437 Å². The third-order valence-corrected chi connectivity index (χ3v) is 23.3. The number of fused-ring (bicyclic) bond motifs is 2. The van der Waals surface area contributed by atoms with Gasteiger partial charge in [0.25, 0.3) is 0 Å². The topological polar surface area (TPSA) is 0 Å². The maximum absolute atomic E-state index is 2.45. The van der Waals surface area contributed by atoms with Gasteiger partial charge >= 0.3 is 0 Å². The standard InChI is InChI=1S/2C56H36/c1-3-15-38(16-4-1)45-22-9-11-24-47(45)49-30-28-40-29-31-52-54(48-25-12-10-23-46(48)39-17-5-2-6-18-39)36-53(51-33-32-50(49)55(40)56(51)52)44-21-13-20-42(35-44)43-27-26-37-14-7-8-19-41(37)34-43;1-3-14-39(15-4-1)45-19-9-11-21-47(45)49-31-29-42-30-32-52-54(48-22-12-10-20-46(48)40-16-5-2-6-17-40)36-53(51-34-33-50(49)55(42)56(51)52)41-26-23-38(24-27-41)44-28-25-37-13-7-8-18-43(37)35-44/h2*1-36H. The lowest BCUT2D eigenvalue weighted by Gasteiger charge is -2.21. The summed E-state index contributed by atoms with van der Waals surface area (Å²) >= 11 is 0. The molecule has 112 heavy (non-hydrogen) atoms. The smallest absolute Gasteiger partial charge is 0.00141 e. The minimum atomic E-state index is 1.21. The third-order valence-electron chi connectivity index (χ3n) is 23.3. The molecule has 22 aromatic rings. The molecule has 0 radical (unpaired) electrons. The van der Waals surface area contributed by atoms with Crippen molar-refractivity contribution < 1.29 is 0 Å². The van der Waals surface area contributed by atoms with Crippen molar-refractivity contribution in [1.29, 1.82) is 0 Å². The third kappa shape index (κ3) is 11.6. The van der Waals surface area contributed by atoms with Crippen molar-refractivity contribution in [1.82, 2.24) is 0 Å². The van der Waals surface area contributed by atoms with Crippen LogP contribution < -0.4 is 0 Å². The fraction of sp³-hybridized carbons (Fsp3) is 0. The highest BCUT2D eigenvalue weighted by Gasteiger charge is 2.24. The second-order valence-electron chi connectivity index (χ2n) is 29.6. The summed E-state index contributed by atoms with van der Waals surface area (Å²) < 4.78 is 0. The van der Waals surface area contributed by atoms with Crippen LogP contribution in [-0.2, 0) is 0 Å². The van der Waals surface area contributed by atoms with Crippen LogP contribution in [0.1, 0.15) is 0 Å². The van der Waals surface area contributed by atoms with Crippen molar-refractivity contribution in [2.24, 2.45) is 0 Å². The molecule has 0 fully saturated rings. The van der Waals surface area contributed by atoms with Crippen molar-refractivity contribution in [2.45, 2.75) is 0 Å². The van der Waals surface area contributed by atoms with E-state index in [9.17, 15) is 0 Å². The van der Waals surface area contributed by atoms with Crippen molar-refractivity contribution in [3.63, 3.8) is 0 Å². The van der Waals surface area contributed by atoms with Crippen molar-refractivity contribution in [3.8, 4) is 134 Å². The summed E-state index contributed by atoms with van der Waals surface area (Å²) in [4.78, 5) is 0. The molecule has 0 nitrogen and oxygen atoms in total. The maximum atomic E-state index is 2.45. The van der Waals surface area contributed by atoms with Gasteiger partial charge in [0.15, 0.2) is 0 Å². The van der Waals surface area contributed by atoms with Gasteiger partial charge in [-0.05, 0) is 250 Å². The van der Waals surface area contributed by atoms with Gasteiger partial charge in [0, 0.05) is 0 Å². The number of benzene rings is 22. The summed E-state index contributed by atoms with van der Waals surface area (Å²) in [5.74, 6) is 0. The van der Waals surface area contributed by atoms with Crippen LogP contribution in [-0.4, -0.2) is 0 Å². The van der Waals surface area contributed by atoms with Gasteiger partial charge in [0.05, 0.1) is 0 Å².